The number of carboxylic acids is 1. The molecule has 4 N–H and O–H groups in total. The van der Waals surface area contributed by atoms with Crippen LogP contribution in [0.2, 0.25) is 0 Å². The SMILES string of the molecule is C[C@]1(C(=O)O)Nc2c3ccccc3cc[n+]2[C@](C)(O)[C@H]1O. The third kappa shape index (κ3) is 1.73. The molecule has 0 aliphatic carbocycles. The largest absolute Gasteiger partial charge is 0.478 e. The Morgan fingerprint density at radius 2 is 1.95 bits per heavy atom. The smallest absolute Gasteiger partial charge is 0.354 e. The molecular weight excluding hydrogens is 272 g/mol. The zero-order valence-electron chi connectivity index (χ0n) is 11.7. The molecule has 21 heavy (non-hydrogen) atoms. The van der Waals surface area contributed by atoms with Gasteiger partial charge in [0, 0.05) is 6.92 Å². The van der Waals surface area contributed by atoms with Crippen LogP contribution in [-0.2, 0) is 10.5 Å². The molecule has 1 aliphatic heterocycles. The van der Waals surface area contributed by atoms with Crippen molar-refractivity contribution in [1.82, 2.24) is 0 Å². The Bertz CT molecular complexity index is 744. The van der Waals surface area contributed by atoms with E-state index in [1.165, 1.54) is 18.4 Å². The molecule has 6 heteroatoms. The Morgan fingerprint density at radius 1 is 1.29 bits per heavy atom. The maximum Gasteiger partial charge on any atom is 0.354 e. The fourth-order valence-corrected chi connectivity index (χ4v) is 2.89. The molecule has 1 aromatic heterocycles. The third-order valence-corrected chi connectivity index (χ3v) is 4.23. The van der Waals surface area contributed by atoms with E-state index in [0.717, 1.165) is 10.8 Å². The quantitative estimate of drug-likeness (QED) is 0.571. The van der Waals surface area contributed by atoms with E-state index in [-0.39, 0.29) is 0 Å². The molecule has 0 saturated carbocycles. The Kier molecular flexibility index (Phi) is 2.73. The fraction of sp³-hybridized carbons (Fsp3) is 0.333. The predicted octanol–water partition coefficient (Wildman–Crippen LogP) is 0.422. The summed E-state index contributed by atoms with van der Waals surface area (Å²) in [5.41, 5.74) is -3.43. The van der Waals surface area contributed by atoms with Crippen molar-refractivity contribution in [2.24, 2.45) is 0 Å². The molecule has 0 spiro atoms. The first-order valence-electron chi connectivity index (χ1n) is 6.64. The second kappa shape index (κ2) is 4.16. The maximum absolute atomic E-state index is 11.6. The predicted molar refractivity (Wildman–Crippen MR) is 75.7 cm³/mol. The minimum absolute atomic E-state index is 0.466. The van der Waals surface area contributed by atoms with Gasteiger partial charge in [-0.05, 0) is 24.4 Å². The van der Waals surface area contributed by atoms with Gasteiger partial charge in [0.25, 0.3) is 5.82 Å². The van der Waals surface area contributed by atoms with Crippen molar-refractivity contribution in [2.75, 3.05) is 5.32 Å². The zero-order chi connectivity index (χ0) is 15.4. The number of hydrogen-bond donors (Lipinski definition) is 4. The van der Waals surface area contributed by atoms with E-state index < -0.39 is 23.3 Å². The Hall–Kier alpha value is -2.18. The summed E-state index contributed by atoms with van der Waals surface area (Å²) in [5, 5.41) is 35.0. The number of hydrogen-bond acceptors (Lipinski definition) is 4. The van der Waals surface area contributed by atoms with Gasteiger partial charge in [-0.1, -0.05) is 18.2 Å². The van der Waals surface area contributed by atoms with Gasteiger partial charge in [0.1, 0.15) is 0 Å². The van der Waals surface area contributed by atoms with E-state index in [1.54, 1.807) is 6.20 Å². The summed E-state index contributed by atoms with van der Waals surface area (Å²) < 4.78 is 1.46. The number of rotatable bonds is 1. The highest BCUT2D eigenvalue weighted by molar-refractivity contribution is 5.93. The molecule has 1 aliphatic rings. The Labute approximate surface area is 121 Å². The number of benzene rings is 1. The Morgan fingerprint density at radius 3 is 2.62 bits per heavy atom. The molecule has 0 bridgehead atoms. The first kappa shape index (κ1) is 13.8. The molecular formula is C15H17N2O4+. The van der Waals surface area contributed by atoms with E-state index in [4.69, 9.17) is 0 Å². The molecule has 2 heterocycles. The van der Waals surface area contributed by atoms with Crippen LogP contribution in [0.3, 0.4) is 0 Å². The molecule has 3 atom stereocenters. The van der Waals surface area contributed by atoms with Crippen molar-refractivity contribution in [2.45, 2.75) is 31.2 Å². The van der Waals surface area contributed by atoms with Gasteiger partial charge in [-0.2, -0.15) is 0 Å². The molecule has 6 nitrogen and oxygen atoms in total. The van der Waals surface area contributed by atoms with Gasteiger partial charge < -0.3 is 15.3 Å². The number of carbonyl (C=O) groups is 1. The van der Waals surface area contributed by atoms with E-state index in [0.29, 0.717) is 5.82 Å². The number of nitrogens with one attached hydrogen (secondary N) is 1. The van der Waals surface area contributed by atoms with Crippen molar-refractivity contribution in [3.05, 3.63) is 36.5 Å². The first-order valence-corrected chi connectivity index (χ1v) is 6.64. The molecule has 0 radical (unpaired) electrons. The lowest BCUT2D eigenvalue weighted by atomic mass is 9.84. The van der Waals surface area contributed by atoms with Crippen molar-refractivity contribution >= 4 is 22.6 Å². The van der Waals surface area contributed by atoms with E-state index >= 15 is 0 Å². The van der Waals surface area contributed by atoms with Gasteiger partial charge in [-0.15, -0.1) is 0 Å². The highest BCUT2D eigenvalue weighted by Crippen LogP contribution is 2.34. The van der Waals surface area contributed by atoms with Crippen LogP contribution in [0, 0.1) is 0 Å². The number of pyridine rings is 1. The van der Waals surface area contributed by atoms with Crippen molar-refractivity contribution < 1.29 is 24.7 Å². The number of aliphatic hydroxyl groups excluding tert-OH is 1. The lowest BCUT2D eigenvalue weighted by Gasteiger charge is -2.40. The summed E-state index contributed by atoms with van der Waals surface area (Å²) in [7, 11) is 0. The molecule has 0 fully saturated rings. The van der Waals surface area contributed by atoms with E-state index in [9.17, 15) is 20.1 Å². The summed E-state index contributed by atoms with van der Waals surface area (Å²) >= 11 is 0. The van der Waals surface area contributed by atoms with Crippen LogP contribution in [0.25, 0.3) is 10.8 Å². The monoisotopic (exact) mass is 289 g/mol. The van der Waals surface area contributed by atoms with Gasteiger partial charge >= 0.3 is 5.97 Å². The van der Waals surface area contributed by atoms with Crippen molar-refractivity contribution in [1.29, 1.82) is 0 Å². The highest BCUT2D eigenvalue weighted by atomic mass is 16.4. The van der Waals surface area contributed by atoms with E-state index in [1.807, 2.05) is 30.3 Å². The highest BCUT2D eigenvalue weighted by Gasteiger charge is 2.60. The number of fused-ring (bicyclic) bond motifs is 3. The van der Waals surface area contributed by atoms with Crippen molar-refractivity contribution in [3.63, 3.8) is 0 Å². The van der Waals surface area contributed by atoms with Crippen molar-refractivity contribution in [3.8, 4) is 0 Å². The summed E-state index contributed by atoms with van der Waals surface area (Å²) in [6, 6.07) is 9.26. The molecule has 2 aromatic rings. The second-order valence-corrected chi connectivity index (χ2v) is 5.75. The Balaban J connectivity index is 2.34. The normalized spacial score (nSPS) is 31.5. The molecule has 1 aromatic carbocycles. The number of carboxylic acid groups (broad SMARTS) is 1. The molecule has 110 valence electrons. The summed E-state index contributed by atoms with van der Waals surface area (Å²) in [6.45, 7) is 2.76. The fourth-order valence-electron chi connectivity index (χ4n) is 2.89. The van der Waals surface area contributed by atoms with E-state index in [2.05, 4.69) is 5.32 Å². The van der Waals surface area contributed by atoms with Crippen LogP contribution in [0.15, 0.2) is 36.5 Å². The zero-order valence-corrected chi connectivity index (χ0v) is 11.7. The van der Waals surface area contributed by atoms with Crippen LogP contribution in [0.4, 0.5) is 5.82 Å². The van der Waals surface area contributed by atoms with Crippen LogP contribution in [-0.4, -0.2) is 32.9 Å². The number of aliphatic hydroxyl groups is 2. The van der Waals surface area contributed by atoms with Gasteiger partial charge in [-0.25, -0.2) is 9.36 Å². The maximum atomic E-state index is 11.6. The summed E-state index contributed by atoms with van der Waals surface area (Å²) in [4.78, 5) is 11.6. The average Bonchev–Trinajstić information content (AvgIpc) is 2.45. The van der Waals surface area contributed by atoms with Gasteiger partial charge in [-0.3, -0.25) is 5.32 Å². The number of aromatic nitrogens is 1. The standard InChI is InChI=1S/C15H16N2O4/c1-14(13(19)20)12(18)15(2,21)17-8-7-9-5-3-4-6-10(9)11(17)16-14/h3-8,12,18,21H,1-2H3,(H,19,20)/p+1/t12-,14-,15+/m0/s1. The minimum atomic E-state index is -1.74. The van der Waals surface area contributed by atoms with Gasteiger partial charge in [0.05, 0.1) is 11.6 Å². The summed E-state index contributed by atoms with van der Waals surface area (Å²) in [5.74, 6) is -0.761. The average molecular weight is 289 g/mol. The van der Waals surface area contributed by atoms with Crippen LogP contribution < -0.4 is 9.88 Å². The van der Waals surface area contributed by atoms with Crippen LogP contribution in [0.1, 0.15) is 13.8 Å². The number of nitrogens with zero attached hydrogens (tertiary/aromatic N) is 1. The molecule has 0 amide bonds. The van der Waals surface area contributed by atoms with Gasteiger partial charge in [0.2, 0.25) is 11.3 Å². The molecule has 3 rings (SSSR count). The van der Waals surface area contributed by atoms with Crippen LogP contribution in [0.5, 0.6) is 0 Å². The first-order chi connectivity index (χ1) is 9.78. The number of aliphatic carboxylic acids is 1. The molecule has 0 saturated heterocycles. The van der Waals surface area contributed by atoms with Gasteiger partial charge in [0.15, 0.2) is 6.10 Å². The lowest BCUT2D eigenvalue weighted by molar-refractivity contribution is -0.805. The third-order valence-electron chi connectivity index (χ3n) is 4.23. The minimum Gasteiger partial charge on any atom is -0.478 e. The summed E-state index contributed by atoms with van der Waals surface area (Å²) in [6.07, 6.45) is 0.121. The number of anilines is 1. The topological polar surface area (TPSA) is 93.7 Å². The lowest BCUT2D eigenvalue weighted by Crippen LogP contribution is -2.75. The second-order valence-electron chi connectivity index (χ2n) is 5.75. The molecule has 0 unspecified atom stereocenters. The van der Waals surface area contributed by atoms with Crippen LogP contribution >= 0.6 is 0 Å².